The van der Waals surface area contributed by atoms with Crippen LogP contribution in [0.25, 0.3) is 0 Å². The molecule has 1 rings (SSSR count). The summed E-state index contributed by atoms with van der Waals surface area (Å²) in [5, 5.41) is 30.5. The molecule has 0 heterocycles. The van der Waals surface area contributed by atoms with Crippen molar-refractivity contribution >= 4 is 48.2 Å². The van der Waals surface area contributed by atoms with Crippen LogP contribution in [0.5, 0.6) is 11.5 Å². The predicted molar refractivity (Wildman–Crippen MR) is 73.7 cm³/mol. The van der Waals surface area contributed by atoms with Crippen LogP contribution in [0.4, 0.5) is 0 Å². The number of benzene rings is 1. The van der Waals surface area contributed by atoms with Gasteiger partial charge in [-0.25, -0.2) is 0 Å². The standard InChI is InChI=1S/C11H15NO4S.Na.H/c1-6(12-9(5-17)11(15)16)8-3-2-7(13)4-10(8)14;;/h2-4,6,9,12-14,17H,5H2,1H3,(H,15,16);;. The third kappa shape index (κ3) is 4.70. The van der Waals surface area contributed by atoms with Crippen LogP contribution in [-0.4, -0.2) is 62.6 Å². The molecule has 0 aromatic heterocycles. The zero-order valence-electron chi connectivity index (χ0n) is 9.29. The number of aromatic hydroxyl groups is 2. The van der Waals surface area contributed by atoms with Crippen LogP contribution < -0.4 is 5.32 Å². The molecule has 0 saturated carbocycles. The molecule has 0 radical (unpaired) electrons. The first-order chi connectivity index (χ1) is 7.95. The first-order valence-corrected chi connectivity index (χ1v) is 5.70. The second-order valence-electron chi connectivity index (χ2n) is 3.70. The van der Waals surface area contributed by atoms with Gasteiger partial charge in [-0.2, -0.15) is 12.6 Å². The van der Waals surface area contributed by atoms with Crippen molar-refractivity contribution < 1.29 is 20.1 Å². The monoisotopic (exact) mass is 281 g/mol. The molecule has 0 aliphatic rings. The summed E-state index contributed by atoms with van der Waals surface area (Å²) in [6, 6.07) is 3.04. The fourth-order valence-electron chi connectivity index (χ4n) is 1.49. The Hall–Kier alpha value is -0.400. The SMILES string of the molecule is CC(NC(CS)C(=O)O)c1ccc(O)cc1O.[NaH]. The molecule has 96 valence electrons. The third-order valence-corrected chi connectivity index (χ3v) is 2.78. The number of aliphatic carboxylic acids is 1. The van der Waals surface area contributed by atoms with E-state index in [9.17, 15) is 9.90 Å². The normalized spacial score (nSPS) is 13.4. The van der Waals surface area contributed by atoms with E-state index >= 15 is 0 Å². The zero-order valence-corrected chi connectivity index (χ0v) is 10.2. The Kier molecular flexibility index (Phi) is 7.73. The molecule has 0 spiro atoms. The summed E-state index contributed by atoms with van der Waals surface area (Å²) >= 11 is 3.94. The fourth-order valence-corrected chi connectivity index (χ4v) is 1.75. The molecule has 0 fully saturated rings. The molecule has 5 nitrogen and oxygen atoms in total. The van der Waals surface area contributed by atoms with E-state index in [4.69, 9.17) is 10.2 Å². The first kappa shape index (κ1) is 17.6. The van der Waals surface area contributed by atoms with Gasteiger partial charge in [0.05, 0.1) is 0 Å². The summed E-state index contributed by atoms with van der Waals surface area (Å²) in [6.45, 7) is 1.73. The summed E-state index contributed by atoms with van der Waals surface area (Å²) in [5.74, 6) is -0.959. The molecule has 4 N–H and O–H groups in total. The van der Waals surface area contributed by atoms with Gasteiger partial charge in [0.25, 0.3) is 0 Å². The molecule has 0 aliphatic heterocycles. The van der Waals surface area contributed by atoms with Crippen molar-refractivity contribution in [2.24, 2.45) is 0 Å². The second-order valence-corrected chi connectivity index (χ2v) is 4.07. The predicted octanol–water partition coefficient (Wildman–Crippen LogP) is 0.483. The number of carboxylic acids is 1. The number of carbonyl (C=O) groups is 1. The Bertz CT molecular complexity index is 416. The molecular weight excluding hydrogens is 265 g/mol. The molecule has 1 aromatic rings. The Balaban J connectivity index is 0.00000289. The van der Waals surface area contributed by atoms with Gasteiger partial charge in [-0.05, 0) is 13.0 Å². The number of thiol groups is 1. The average molecular weight is 281 g/mol. The van der Waals surface area contributed by atoms with Gasteiger partial charge in [0.1, 0.15) is 17.5 Å². The van der Waals surface area contributed by atoms with Crippen LogP contribution in [0.15, 0.2) is 18.2 Å². The van der Waals surface area contributed by atoms with Gasteiger partial charge >= 0.3 is 35.5 Å². The van der Waals surface area contributed by atoms with E-state index in [-0.39, 0.29) is 52.9 Å². The number of hydrogen-bond donors (Lipinski definition) is 5. The first-order valence-electron chi connectivity index (χ1n) is 5.07. The molecule has 0 saturated heterocycles. The maximum absolute atomic E-state index is 10.8. The number of phenolic OH excluding ortho intramolecular Hbond substituents is 2. The van der Waals surface area contributed by atoms with Gasteiger partial charge in [-0.3, -0.25) is 10.1 Å². The summed E-state index contributed by atoms with van der Waals surface area (Å²) in [7, 11) is 0. The summed E-state index contributed by atoms with van der Waals surface area (Å²) in [5.41, 5.74) is 0.524. The van der Waals surface area contributed by atoms with Crippen LogP contribution in [-0.2, 0) is 4.79 Å². The van der Waals surface area contributed by atoms with E-state index in [1.807, 2.05) is 0 Å². The summed E-state index contributed by atoms with van der Waals surface area (Å²) in [4.78, 5) is 10.8. The van der Waals surface area contributed by atoms with E-state index < -0.39 is 12.0 Å². The number of nitrogens with one attached hydrogen (secondary N) is 1. The molecule has 2 atom stereocenters. The van der Waals surface area contributed by atoms with Gasteiger partial charge in [-0.1, -0.05) is 6.07 Å². The van der Waals surface area contributed by atoms with Crippen molar-refractivity contribution in [3.63, 3.8) is 0 Å². The van der Waals surface area contributed by atoms with Gasteiger partial charge < -0.3 is 15.3 Å². The maximum atomic E-state index is 10.8. The van der Waals surface area contributed by atoms with Crippen LogP contribution >= 0.6 is 12.6 Å². The third-order valence-electron chi connectivity index (χ3n) is 2.41. The van der Waals surface area contributed by atoms with Crippen molar-refractivity contribution in [3.05, 3.63) is 23.8 Å². The van der Waals surface area contributed by atoms with Gasteiger partial charge in [0.15, 0.2) is 0 Å². The molecule has 2 unspecified atom stereocenters. The minimum atomic E-state index is -0.995. The topological polar surface area (TPSA) is 89.8 Å². The molecule has 1 aromatic carbocycles. The summed E-state index contributed by atoms with van der Waals surface area (Å²) in [6.07, 6.45) is 0. The van der Waals surface area contributed by atoms with Crippen molar-refractivity contribution in [1.29, 1.82) is 0 Å². The van der Waals surface area contributed by atoms with E-state index in [1.54, 1.807) is 13.0 Å². The van der Waals surface area contributed by atoms with Gasteiger partial charge in [-0.15, -0.1) is 0 Å². The van der Waals surface area contributed by atoms with E-state index in [0.29, 0.717) is 5.56 Å². The Morgan fingerprint density at radius 3 is 2.50 bits per heavy atom. The molecule has 7 heteroatoms. The Morgan fingerprint density at radius 1 is 1.44 bits per heavy atom. The van der Waals surface area contributed by atoms with Crippen LogP contribution in [0, 0.1) is 0 Å². The number of carboxylic acid groups (broad SMARTS) is 1. The number of phenols is 2. The summed E-state index contributed by atoms with van der Waals surface area (Å²) < 4.78 is 0. The molecule has 18 heavy (non-hydrogen) atoms. The van der Waals surface area contributed by atoms with E-state index in [0.717, 1.165) is 0 Å². The van der Waals surface area contributed by atoms with Crippen molar-refractivity contribution in [2.45, 2.75) is 19.0 Å². The van der Waals surface area contributed by atoms with Crippen molar-refractivity contribution in [1.82, 2.24) is 5.32 Å². The van der Waals surface area contributed by atoms with E-state index in [2.05, 4.69) is 17.9 Å². The number of rotatable bonds is 5. The molecule has 0 bridgehead atoms. The zero-order chi connectivity index (χ0) is 13.0. The second kappa shape index (κ2) is 7.91. The average Bonchev–Trinajstić information content (AvgIpc) is 2.24. The van der Waals surface area contributed by atoms with Crippen LogP contribution in [0.3, 0.4) is 0 Å². The fraction of sp³-hybridized carbons (Fsp3) is 0.364. The van der Waals surface area contributed by atoms with Gasteiger partial charge in [0, 0.05) is 23.4 Å². The quantitative estimate of drug-likeness (QED) is 0.400. The van der Waals surface area contributed by atoms with Crippen molar-refractivity contribution in [2.75, 3.05) is 5.75 Å². The van der Waals surface area contributed by atoms with Crippen LogP contribution in [0.2, 0.25) is 0 Å². The Labute approximate surface area is 133 Å². The Morgan fingerprint density at radius 2 is 2.06 bits per heavy atom. The molecular formula is C11H16NNaO4S. The van der Waals surface area contributed by atoms with Gasteiger partial charge in [0.2, 0.25) is 0 Å². The van der Waals surface area contributed by atoms with Crippen molar-refractivity contribution in [3.8, 4) is 11.5 Å². The minimum absolute atomic E-state index is 0. The number of hydrogen-bond acceptors (Lipinski definition) is 5. The molecule has 0 aliphatic carbocycles. The van der Waals surface area contributed by atoms with E-state index in [1.165, 1.54) is 12.1 Å². The van der Waals surface area contributed by atoms with Crippen LogP contribution in [0.1, 0.15) is 18.5 Å². The molecule has 0 amide bonds.